The Balaban J connectivity index is 1.36. The van der Waals surface area contributed by atoms with Crippen LogP contribution in [0.5, 0.6) is 0 Å². The predicted molar refractivity (Wildman–Crippen MR) is 149 cm³/mol. The summed E-state index contributed by atoms with van der Waals surface area (Å²) in [6.07, 6.45) is 6.95. The van der Waals surface area contributed by atoms with Gasteiger partial charge >= 0.3 is 6.09 Å². The number of anilines is 1. The van der Waals surface area contributed by atoms with E-state index in [0.717, 1.165) is 48.3 Å². The largest absolute Gasteiger partial charge is 0.442 e. The highest BCUT2D eigenvalue weighted by atomic mass is 16.6. The van der Waals surface area contributed by atoms with Crippen LogP contribution in [0.3, 0.4) is 0 Å². The summed E-state index contributed by atoms with van der Waals surface area (Å²) in [7, 11) is 0. The summed E-state index contributed by atoms with van der Waals surface area (Å²) in [5, 5.41) is 10.0. The van der Waals surface area contributed by atoms with Gasteiger partial charge in [-0.25, -0.2) is 29.4 Å². The highest BCUT2D eigenvalue weighted by molar-refractivity contribution is 6.00. The Bertz CT molecular complexity index is 1630. The molecule has 1 aliphatic carbocycles. The van der Waals surface area contributed by atoms with Gasteiger partial charge < -0.3 is 19.9 Å². The van der Waals surface area contributed by atoms with Gasteiger partial charge in [0.25, 0.3) is 0 Å². The van der Waals surface area contributed by atoms with Gasteiger partial charge in [-0.15, -0.1) is 0 Å². The van der Waals surface area contributed by atoms with Crippen LogP contribution in [0.15, 0.2) is 17.0 Å². The number of hydrogen-bond donors (Lipinski definition) is 1. The first kappa shape index (κ1) is 26.8. The average Bonchev–Trinajstić information content (AvgIpc) is 3.56. The molecule has 214 valence electrons. The summed E-state index contributed by atoms with van der Waals surface area (Å²) in [4.78, 5) is 42.8. The van der Waals surface area contributed by atoms with Gasteiger partial charge in [-0.1, -0.05) is 5.16 Å². The molecule has 0 atom stereocenters. The van der Waals surface area contributed by atoms with E-state index in [-0.39, 0.29) is 24.0 Å². The van der Waals surface area contributed by atoms with Crippen LogP contribution in [-0.2, 0) is 15.1 Å². The summed E-state index contributed by atoms with van der Waals surface area (Å²) in [5.41, 5.74) is 10.3. The highest BCUT2D eigenvalue weighted by Gasteiger charge is 2.37. The van der Waals surface area contributed by atoms with Gasteiger partial charge in [0.2, 0.25) is 0 Å². The maximum atomic E-state index is 12.1. The Kier molecular flexibility index (Phi) is 6.66. The summed E-state index contributed by atoms with van der Waals surface area (Å²) >= 11 is 0. The number of aldehydes is 1. The van der Waals surface area contributed by atoms with Crippen molar-refractivity contribution in [1.82, 2.24) is 39.8 Å². The van der Waals surface area contributed by atoms with Crippen LogP contribution >= 0.6 is 0 Å². The molecule has 2 N–H and O–H groups in total. The van der Waals surface area contributed by atoms with Gasteiger partial charge in [0.05, 0.1) is 16.5 Å². The molecule has 5 heterocycles. The molecule has 6 rings (SSSR count). The van der Waals surface area contributed by atoms with E-state index in [9.17, 15) is 9.59 Å². The molecule has 13 heteroatoms. The van der Waals surface area contributed by atoms with Crippen molar-refractivity contribution in [2.45, 2.75) is 70.8 Å². The lowest BCUT2D eigenvalue weighted by Crippen LogP contribution is -2.38. The quantitative estimate of drug-likeness (QED) is 0.339. The molecule has 1 saturated carbocycles. The molecule has 41 heavy (non-hydrogen) atoms. The lowest BCUT2D eigenvalue weighted by atomic mass is 9.89. The van der Waals surface area contributed by atoms with Crippen molar-refractivity contribution in [3.8, 4) is 22.8 Å². The predicted octanol–water partition coefficient (Wildman–Crippen LogP) is 3.98. The normalized spacial score (nSPS) is 16.3. The summed E-state index contributed by atoms with van der Waals surface area (Å²) in [5.74, 6) is 2.04. The van der Waals surface area contributed by atoms with Crippen LogP contribution in [0.2, 0.25) is 0 Å². The Morgan fingerprint density at radius 3 is 2.54 bits per heavy atom. The second-order valence-electron chi connectivity index (χ2n) is 11.7. The maximum Gasteiger partial charge on any atom is 0.410 e. The molecular weight excluding hydrogens is 526 g/mol. The fraction of sp³-hybridized carbons (Fsp3) is 0.500. The third kappa shape index (κ3) is 4.89. The minimum atomic E-state index is -0.459. The third-order valence-electron chi connectivity index (χ3n) is 7.73. The van der Waals surface area contributed by atoms with Crippen molar-refractivity contribution in [3.63, 3.8) is 0 Å². The van der Waals surface area contributed by atoms with Crippen LogP contribution < -0.4 is 5.73 Å². The van der Waals surface area contributed by atoms with Crippen molar-refractivity contribution >= 4 is 29.2 Å². The number of carbonyl (C=O) groups is 2. The number of amides is 1. The van der Waals surface area contributed by atoms with Gasteiger partial charge in [0.1, 0.15) is 30.1 Å². The number of rotatable bonds is 6. The van der Waals surface area contributed by atoms with Crippen molar-refractivity contribution in [2.75, 3.05) is 25.4 Å². The third-order valence-corrected chi connectivity index (χ3v) is 7.73. The Morgan fingerprint density at radius 1 is 1.12 bits per heavy atom. The number of aromatic nitrogens is 7. The first-order chi connectivity index (χ1) is 19.7. The zero-order valence-corrected chi connectivity index (χ0v) is 23.6. The van der Waals surface area contributed by atoms with Crippen molar-refractivity contribution < 1.29 is 18.8 Å². The number of likely N-dealkylation sites (tertiary alicyclic amines) is 1. The number of piperidine rings is 1. The van der Waals surface area contributed by atoms with E-state index < -0.39 is 6.09 Å². The average molecular weight is 560 g/mol. The number of nitrogens with zero attached hydrogens (tertiary/aromatic N) is 8. The lowest BCUT2D eigenvalue weighted by molar-refractivity contribution is -0.110. The lowest BCUT2D eigenvalue weighted by Gasteiger charge is -2.31. The molecule has 2 fully saturated rings. The fourth-order valence-corrected chi connectivity index (χ4v) is 5.48. The summed E-state index contributed by atoms with van der Waals surface area (Å²) < 4.78 is 12.7. The molecule has 13 nitrogen and oxygen atoms in total. The van der Waals surface area contributed by atoms with E-state index in [1.165, 1.54) is 6.33 Å². The highest BCUT2D eigenvalue weighted by Crippen LogP contribution is 2.48. The molecule has 0 unspecified atom stereocenters. The molecule has 0 radical (unpaired) electrons. The minimum Gasteiger partial charge on any atom is -0.442 e. The molecule has 4 aromatic heterocycles. The monoisotopic (exact) mass is 559 g/mol. The first-order valence-corrected chi connectivity index (χ1v) is 13.9. The standard InChI is InChI=1S/C28H33N9O4/c1-15-18(16-7-9-36(10-8-16)27(39)40-12-11-38)13-30-25(33-15)19-22(35-41-23(19)17-5-6-17)21-20-24(29)31-14-32-26(20)37(34-21)28(2,3)4/h11,13-14,16-17H,5-10,12H2,1-4H3,(H2,29,31,32). The number of aryl methyl sites for hydroxylation is 1. The Labute approximate surface area is 236 Å². The van der Waals surface area contributed by atoms with Crippen LogP contribution in [0.25, 0.3) is 33.8 Å². The van der Waals surface area contributed by atoms with Crippen LogP contribution in [0.1, 0.15) is 75.3 Å². The molecule has 0 bridgehead atoms. The fourth-order valence-electron chi connectivity index (χ4n) is 5.48. The molecule has 1 aliphatic heterocycles. The minimum absolute atomic E-state index is 0.201. The smallest absolute Gasteiger partial charge is 0.410 e. The van der Waals surface area contributed by atoms with Crippen LogP contribution in [0, 0.1) is 6.92 Å². The number of fused-ring (bicyclic) bond motifs is 1. The SMILES string of the molecule is Cc1nc(-c2c(-c3nn(C(C)(C)C)c4ncnc(N)c34)noc2C2CC2)ncc1C1CCN(C(=O)OCC=O)CC1. The molecule has 1 amide bonds. The molecule has 2 aliphatic rings. The van der Waals surface area contributed by atoms with Gasteiger partial charge in [0, 0.05) is 30.9 Å². The van der Waals surface area contributed by atoms with Crippen molar-refractivity contribution in [1.29, 1.82) is 0 Å². The van der Waals surface area contributed by atoms with E-state index in [0.29, 0.717) is 53.4 Å². The van der Waals surface area contributed by atoms with E-state index in [4.69, 9.17) is 30.1 Å². The molecule has 1 saturated heterocycles. The zero-order valence-electron chi connectivity index (χ0n) is 23.6. The molecule has 4 aromatic rings. The number of hydrogen-bond acceptors (Lipinski definition) is 11. The zero-order chi connectivity index (χ0) is 28.9. The molecular formula is C28H33N9O4. The van der Waals surface area contributed by atoms with Crippen LogP contribution in [-0.4, -0.2) is 71.8 Å². The number of carbonyl (C=O) groups excluding carboxylic acids is 2. The second-order valence-corrected chi connectivity index (χ2v) is 11.7. The van der Waals surface area contributed by atoms with Crippen LogP contribution in [0.4, 0.5) is 10.6 Å². The Morgan fingerprint density at radius 2 is 1.88 bits per heavy atom. The maximum absolute atomic E-state index is 12.1. The van der Waals surface area contributed by atoms with Gasteiger partial charge in [-0.05, 0) is 64.9 Å². The van der Waals surface area contributed by atoms with Crippen molar-refractivity contribution in [2.24, 2.45) is 0 Å². The number of nitrogen functional groups attached to an aromatic ring is 1. The topological polar surface area (TPSA) is 168 Å². The van der Waals surface area contributed by atoms with E-state index in [1.807, 2.05) is 38.6 Å². The Hall–Kier alpha value is -4.42. The molecule has 0 spiro atoms. The van der Waals surface area contributed by atoms with Gasteiger partial charge in [0.15, 0.2) is 23.5 Å². The van der Waals surface area contributed by atoms with Gasteiger partial charge in [-0.3, -0.25) is 4.79 Å². The van der Waals surface area contributed by atoms with E-state index in [2.05, 4.69) is 15.1 Å². The van der Waals surface area contributed by atoms with E-state index in [1.54, 1.807) is 4.90 Å². The van der Waals surface area contributed by atoms with Crippen molar-refractivity contribution in [3.05, 3.63) is 29.5 Å². The summed E-state index contributed by atoms with van der Waals surface area (Å²) in [6, 6.07) is 0. The molecule has 0 aromatic carbocycles. The van der Waals surface area contributed by atoms with Gasteiger partial charge in [-0.2, -0.15) is 5.10 Å². The summed E-state index contributed by atoms with van der Waals surface area (Å²) in [6.45, 7) is 8.97. The number of nitrogens with two attached hydrogens (primary N) is 1. The first-order valence-electron chi connectivity index (χ1n) is 13.9. The van der Waals surface area contributed by atoms with E-state index >= 15 is 0 Å². The second kappa shape index (κ2) is 10.2. The number of ether oxygens (including phenoxy) is 1.